The second-order valence-corrected chi connectivity index (χ2v) is 7.02. The number of allylic oxidation sites excluding steroid dienone is 4. The van der Waals surface area contributed by atoms with Crippen molar-refractivity contribution in [3.8, 4) is 0 Å². The van der Waals surface area contributed by atoms with Crippen LogP contribution in [0, 0.1) is 5.41 Å². The lowest BCUT2D eigenvalue weighted by Gasteiger charge is -2.16. The van der Waals surface area contributed by atoms with Gasteiger partial charge in [0, 0.05) is 31.3 Å². The molecule has 0 aliphatic rings. The van der Waals surface area contributed by atoms with Crippen LogP contribution in [0.15, 0.2) is 45.4 Å². The van der Waals surface area contributed by atoms with Gasteiger partial charge in [0.15, 0.2) is 0 Å². The van der Waals surface area contributed by atoms with E-state index in [1.54, 1.807) is 7.11 Å². The molecule has 0 bridgehead atoms. The normalized spacial score (nSPS) is 13.9. The Morgan fingerprint density at radius 3 is 2.42 bits per heavy atom. The van der Waals surface area contributed by atoms with Gasteiger partial charge in [-0.2, -0.15) is 5.10 Å². The minimum absolute atomic E-state index is 0.201. The van der Waals surface area contributed by atoms with Crippen molar-refractivity contribution in [2.45, 2.75) is 72.1 Å². The Morgan fingerprint density at radius 2 is 1.87 bits per heavy atom. The van der Waals surface area contributed by atoms with Gasteiger partial charge in [-0.25, -0.2) is 16.4 Å². The highest BCUT2D eigenvalue weighted by atomic mass is 16.5. The Kier molecular flexibility index (Phi) is 16.4. The first kappa shape index (κ1) is 28.2. The number of aliphatic imine (C=N–C) groups is 1. The number of nitrogens with two attached hydrogens (primary N) is 3. The van der Waals surface area contributed by atoms with Gasteiger partial charge in [0.05, 0.1) is 7.11 Å². The number of unbranched alkanes of at least 4 members (excludes halogenated alkanes) is 3. The van der Waals surface area contributed by atoms with Gasteiger partial charge in [-0.3, -0.25) is 5.41 Å². The molecule has 9 nitrogen and oxygen atoms in total. The average molecular weight is 435 g/mol. The average Bonchev–Trinajstić information content (AvgIpc) is 2.74. The Labute approximate surface area is 187 Å². The number of amidine groups is 1. The third-order valence-electron chi connectivity index (χ3n) is 4.59. The summed E-state index contributed by atoms with van der Waals surface area (Å²) < 4.78 is 5.58. The molecule has 0 fully saturated rings. The summed E-state index contributed by atoms with van der Waals surface area (Å²) in [7, 11) is 1.65. The van der Waals surface area contributed by atoms with E-state index in [9.17, 15) is 0 Å². The number of hydrazine groups is 1. The van der Waals surface area contributed by atoms with Crippen LogP contribution in [0.2, 0.25) is 0 Å². The van der Waals surface area contributed by atoms with Crippen LogP contribution in [0.4, 0.5) is 0 Å². The summed E-state index contributed by atoms with van der Waals surface area (Å²) in [5.41, 5.74) is 16.3. The Balaban J connectivity index is 5.68. The molecule has 0 rings (SSSR count). The maximum atomic E-state index is 7.60. The number of nitrogens with zero attached hydrogens (tertiary/aromatic N) is 2. The smallest absolute Gasteiger partial charge is 0.212 e. The van der Waals surface area contributed by atoms with Gasteiger partial charge in [-0.15, -0.1) is 0 Å². The lowest BCUT2D eigenvalue weighted by molar-refractivity contribution is 0.298. The predicted octanol–water partition coefficient (Wildman–Crippen LogP) is 3.17. The number of hydrogen-bond donors (Lipinski definition) is 6. The van der Waals surface area contributed by atoms with Gasteiger partial charge in [-0.05, 0) is 43.4 Å². The predicted molar refractivity (Wildman–Crippen MR) is 132 cm³/mol. The first-order valence-electron chi connectivity index (χ1n) is 10.9. The van der Waals surface area contributed by atoms with E-state index in [-0.39, 0.29) is 5.96 Å². The summed E-state index contributed by atoms with van der Waals surface area (Å²) >= 11 is 0. The molecule has 0 aromatic carbocycles. The highest BCUT2D eigenvalue weighted by Crippen LogP contribution is 2.23. The molecule has 0 amide bonds. The number of guanidine groups is 1. The zero-order chi connectivity index (χ0) is 23.5. The SMILES string of the molecule is C/C=C(OC)\C(=C/CC/C(N)=N/NN)CC(=C\NCCCCCC)/C(CC)=N\C(=N)N. The first-order valence-corrected chi connectivity index (χ1v) is 10.9. The lowest BCUT2D eigenvalue weighted by Crippen LogP contribution is -2.22. The van der Waals surface area contributed by atoms with E-state index in [1.165, 1.54) is 19.3 Å². The minimum Gasteiger partial charge on any atom is -0.497 e. The highest BCUT2D eigenvalue weighted by Gasteiger charge is 2.13. The molecule has 31 heavy (non-hydrogen) atoms. The molecule has 0 saturated carbocycles. The Hall–Kier alpha value is -2.81. The van der Waals surface area contributed by atoms with Crippen molar-refractivity contribution in [2.75, 3.05) is 13.7 Å². The zero-order valence-electron chi connectivity index (χ0n) is 19.6. The van der Waals surface area contributed by atoms with Crippen LogP contribution in [0.1, 0.15) is 72.1 Å². The van der Waals surface area contributed by atoms with Crippen molar-refractivity contribution < 1.29 is 4.74 Å². The van der Waals surface area contributed by atoms with E-state index in [0.717, 1.165) is 35.6 Å². The van der Waals surface area contributed by atoms with E-state index < -0.39 is 0 Å². The summed E-state index contributed by atoms with van der Waals surface area (Å²) in [6.45, 7) is 7.02. The van der Waals surface area contributed by atoms with Crippen LogP contribution < -0.4 is 28.2 Å². The van der Waals surface area contributed by atoms with Crippen molar-refractivity contribution in [2.24, 2.45) is 27.4 Å². The number of rotatable bonds is 16. The van der Waals surface area contributed by atoms with E-state index in [1.807, 2.05) is 26.1 Å². The van der Waals surface area contributed by atoms with E-state index in [4.69, 9.17) is 27.5 Å². The second kappa shape index (κ2) is 18.0. The molecule has 0 unspecified atom stereocenters. The molecular formula is C22H42N8O. The molecule has 0 aromatic heterocycles. The van der Waals surface area contributed by atoms with Crippen LogP contribution in [-0.4, -0.2) is 31.2 Å². The van der Waals surface area contributed by atoms with Gasteiger partial charge in [-0.1, -0.05) is 39.2 Å². The molecule has 0 spiro atoms. The highest BCUT2D eigenvalue weighted by molar-refractivity contribution is 6.06. The van der Waals surface area contributed by atoms with Gasteiger partial charge in [0.1, 0.15) is 11.6 Å². The van der Waals surface area contributed by atoms with Crippen LogP contribution in [0.25, 0.3) is 0 Å². The van der Waals surface area contributed by atoms with Gasteiger partial charge in [0.2, 0.25) is 5.96 Å². The topological polar surface area (TPSA) is 160 Å². The summed E-state index contributed by atoms with van der Waals surface area (Å²) in [6, 6.07) is 0. The van der Waals surface area contributed by atoms with E-state index >= 15 is 0 Å². The van der Waals surface area contributed by atoms with Crippen molar-refractivity contribution in [3.05, 3.63) is 35.3 Å². The number of ether oxygens (including phenoxy) is 1. The zero-order valence-corrected chi connectivity index (χ0v) is 19.6. The molecule has 0 atom stereocenters. The van der Waals surface area contributed by atoms with Crippen LogP contribution in [0.3, 0.4) is 0 Å². The molecule has 9 heteroatoms. The van der Waals surface area contributed by atoms with Crippen molar-refractivity contribution in [1.29, 1.82) is 5.41 Å². The van der Waals surface area contributed by atoms with Crippen molar-refractivity contribution >= 4 is 17.5 Å². The quantitative estimate of drug-likeness (QED) is 0.0416. The maximum absolute atomic E-state index is 7.60. The number of nitrogens with one attached hydrogen (secondary N) is 3. The number of hydrazone groups is 1. The Bertz CT molecular complexity index is 677. The minimum atomic E-state index is -0.201. The van der Waals surface area contributed by atoms with Crippen LogP contribution in [0.5, 0.6) is 0 Å². The fraction of sp³-hybridized carbons (Fsp3) is 0.591. The van der Waals surface area contributed by atoms with Gasteiger partial charge < -0.3 is 21.5 Å². The second-order valence-electron chi connectivity index (χ2n) is 7.02. The molecule has 0 aliphatic heterocycles. The lowest BCUT2D eigenvalue weighted by atomic mass is 9.97. The fourth-order valence-corrected chi connectivity index (χ4v) is 3.04. The third kappa shape index (κ3) is 13.2. The van der Waals surface area contributed by atoms with E-state index in [2.05, 4.69) is 33.9 Å². The van der Waals surface area contributed by atoms with Crippen molar-refractivity contribution in [3.63, 3.8) is 0 Å². The summed E-state index contributed by atoms with van der Waals surface area (Å²) in [6.07, 6.45) is 13.2. The summed E-state index contributed by atoms with van der Waals surface area (Å²) in [5.74, 6) is 6.18. The molecule has 0 heterocycles. The van der Waals surface area contributed by atoms with Crippen LogP contribution >= 0.6 is 0 Å². The van der Waals surface area contributed by atoms with Crippen molar-refractivity contribution in [1.82, 2.24) is 10.9 Å². The first-order chi connectivity index (χ1) is 14.9. The standard InChI is InChI=1S/C22H42N8O/c1-5-8-9-10-14-27-16-18(19(6-2)28-22(24)25)15-17(20(7-3)31-4)12-11-13-21(23)29-30-26/h7,12,16,27,30H,5-6,8-11,13-15,26H2,1-4H3,(H2,23,29)(H3,24,25)/b17-12-,18-16+,20-7+,28-19-. The number of methoxy groups -OCH3 is 1. The molecule has 0 radical (unpaired) electrons. The van der Waals surface area contributed by atoms with E-state index in [0.29, 0.717) is 31.5 Å². The fourth-order valence-electron chi connectivity index (χ4n) is 3.04. The molecular weight excluding hydrogens is 392 g/mol. The third-order valence-corrected chi connectivity index (χ3v) is 4.59. The van der Waals surface area contributed by atoms with Gasteiger partial charge >= 0.3 is 0 Å². The number of hydrogen-bond acceptors (Lipinski definition) is 6. The Morgan fingerprint density at radius 1 is 1.13 bits per heavy atom. The summed E-state index contributed by atoms with van der Waals surface area (Å²) in [5, 5.41) is 14.8. The molecule has 0 aliphatic carbocycles. The molecule has 9 N–H and O–H groups in total. The summed E-state index contributed by atoms with van der Waals surface area (Å²) in [4.78, 5) is 4.24. The largest absolute Gasteiger partial charge is 0.497 e. The van der Waals surface area contributed by atoms with Gasteiger partial charge in [0.25, 0.3) is 0 Å². The monoisotopic (exact) mass is 434 g/mol. The molecule has 0 saturated heterocycles. The van der Waals surface area contributed by atoms with Crippen LogP contribution in [-0.2, 0) is 4.74 Å². The molecule has 176 valence electrons. The maximum Gasteiger partial charge on any atom is 0.212 e. The molecule has 0 aromatic rings.